The molecule has 0 aromatic heterocycles. The minimum Gasteiger partial charge on any atom is -0.373 e. The van der Waals surface area contributed by atoms with Crippen LogP contribution in [0.4, 0.5) is 0 Å². The van der Waals surface area contributed by atoms with Gasteiger partial charge in [0, 0.05) is 0 Å². The molecule has 0 fully saturated rings. The van der Waals surface area contributed by atoms with E-state index in [0.29, 0.717) is 0 Å². The molecule has 124 valence electrons. The quantitative estimate of drug-likeness (QED) is 0.393. The fourth-order valence-corrected chi connectivity index (χ4v) is 1.96. The van der Waals surface area contributed by atoms with Crippen molar-refractivity contribution in [3.8, 4) is 0 Å². The first-order chi connectivity index (χ1) is 10.8. The largest absolute Gasteiger partial charge is 2.00 e. The summed E-state index contributed by atoms with van der Waals surface area (Å²) in [5.74, 6) is 0. The molecule has 1 aliphatic rings. The molecule has 1 aromatic rings. The molecule has 0 atom stereocenters. The van der Waals surface area contributed by atoms with Crippen molar-refractivity contribution in [3.05, 3.63) is 85.0 Å². The molecule has 0 saturated heterocycles. The van der Waals surface area contributed by atoms with Crippen LogP contribution >= 0.6 is 0 Å². The molecular weight excluding hydrogens is 355 g/mol. The van der Waals surface area contributed by atoms with Crippen molar-refractivity contribution in [2.45, 2.75) is 53.4 Å². The van der Waals surface area contributed by atoms with E-state index in [0.717, 1.165) is 25.7 Å². The maximum absolute atomic E-state index is 3.39. The molecule has 1 aromatic carbocycles. The van der Waals surface area contributed by atoms with Crippen LogP contribution in [0.2, 0.25) is 0 Å². The zero-order valence-corrected chi connectivity index (χ0v) is 17.6. The first kappa shape index (κ1) is 24.7. The van der Waals surface area contributed by atoms with Crippen molar-refractivity contribution in [3.63, 3.8) is 0 Å². The van der Waals surface area contributed by atoms with Gasteiger partial charge in [0.25, 0.3) is 0 Å². The van der Waals surface area contributed by atoms with Gasteiger partial charge in [-0.25, -0.2) is 12.1 Å². The normalized spacial score (nSPS) is 13.4. The summed E-state index contributed by atoms with van der Waals surface area (Å²) in [6.07, 6.45) is 21.0. The van der Waals surface area contributed by atoms with Gasteiger partial charge in [0.05, 0.1) is 0 Å². The molecular formula is C22H30Zr-2. The van der Waals surface area contributed by atoms with Crippen LogP contribution in [-0.4, -0.2) is 0 Å². The summed E-state index contributed by atoms with van der Waals surface area (Å²) in [6, 6.07) is 10.0. The summed E-state index contributed by atoms with van der Waals surface area (Å²) in [5, 5.41) is 0. The van der Waals surface area contributed by atoms with Gasteiger partial charge in [-0.1, -0.05) is 27.7 Å². The van der Waals surface area contributed by atoms with Crippen LogP contribution in [0.3, 0.4) is 0 Å². The third-order valence-corrected chi connectivity index (χ3v) is 2.96. The molecule has 1 heteroatoms. The van der Waals surface area contributed by atoms with E-state index in [2.05, 4.69) is 39.8 Å². The zero-order valence-electron chi connectivity index (χ0n) is 15.1. The van der Waals surface area contributed by atoms with Crippen LogP contribution in [0.25, 0.3) is 0 Å². The molecule has 0 spiro atoms. The Labute approximate surface area is 164 Å². The molecule has 0 heterocycles. The molecule has 0 bridgehead atoms. The Morgan fingerprint density at radius 2 is 1.22 bits per heavy atom. The Morgan fingerprint density at radius 1 is 0.783 bits per heavy atom. The molecule has 0 nitrogen and oxygen atoms in total. The predicted molar refractivity (Wildman–Crippen MR) is 98.8 cm³/mol. The van der Waals surface area contributed by atoms with Crippen molar-refractivity contribution in [1.82, 2.24) is 0 Å². The van der Waals surface area contributed by atoms with E-state index in [9.17, 15) is 0 Å². The van der Waals surface area contributed by atoms with Crippen LogP contribution in [0, 0.1) is 31.4 Å². The molecule has 0 amide bonds. The monoisotopic (exact) mass is 384 g/mol. The molecule has 23 heavy (non-hydrogen) atoms. The van der Waals surface area contributed by atoms with Gasteiger partial charge in [-0.15, -0.1) is 37.8 Å². The van der Waals surface area contributed by atoms with Gasteiger partial charge in [-0.2, -0.15) is 31.0 Å². The third-order valence-electron chi connectivity index (χ3n) is 2.96. The van der Waals surface area contributed by atoms with Crippen molar-refractivity contribution in [2.24, 2.45) is 0 Å². The number of hydrogen-bond acceptors (Lipinski definition) is 0. The second kappa shape index (κ2) is 19.5. The van der Waals surface area contributed by atoms with Gasteiger partial charge in [0.15, 0.2) is 0 Å². The fraction of sp³-hybridized carbons (Fsp3) is 0.364. The van der Waals surface area contributed by atoms with Gasteiger partial charge < -0.3 is 29.7 Å². The Kier molecular flexibility index (Phi) is 20.9. The van der Waals surface area contributed by atoms with Crippen LogP contribution in [0.5, 0.6) is 0 Å². The number of hydrogen-bond donors (Lipinski definition) is 0. The van der Waals surface area contributed by atoms with Crippen molar-refractivity contribution < 1.29 is 26.2 Å². The summed E-state index contributed by atoms with van der Waals surface area (Å²) in [7, 11) is 0. The Balaban J connectivity index is 0. The van der Waals surface area contributed by atoms with E-state index in [1.807, 2.05) is 61.7 Å². The first-order valence-corrected chi connectivity index (χ1v) is 8.33. The van der Waals surface area contributed by atoms with Crippen LogP contribution in [0.15, 0.2) is 53.6 Å². The van der Waals surface area contributed by atoms with E-state index >= 15 is 0 Å². The number of allylic oxidation sites excluding steroid dienone is 6. The van der Waals surface area contributed by atoms with Gasteiger partial charge in [-0.05, 0) is 0 Å². The molecule has 0 N–H and O–H groups in total. The molecule has 2 rings (SSSR count). The van der Waals surface area contributed by atoms with Gasteiger partial charge in [-0.3, -0.25) is 0 Å². The maximum Gasteiger partial charge on any atom is 2.00 e. The average molecular weight is 386 g/mol. The maximum atomic E-state index is 3.39. The topological polar surface area (TPSA) is 0 Å². The Morgan fingerprint density at radius 3 is 1.39 bits per heavy atom. The van der Waals surface area contributed by atoms with Gasteiger partial charge in [0.1, 0.15) is 0 Å². The standard InChI is InChI=1S/C12H20.2C5H5.Zr/c1-5-9-11(7-3)12(8-4)10-6-2;2*1-2-4-5-3-1;/h5-8H2,1-4H3;2*1-5H;/q-2;2*-1;+2. The van der Waals surface area contributed by atoms with Crippen molar-refractivity contribution in [1.29, 1.82) is 0 Å². The second-order valence-corrected chi connectivity index (χ2v) is 4.65. The molecule has 2 radical (unpaired) electrons. The van der Waals surface area contributed by atoms with E-state index in [-0.39, 0.29) is 26.2 Å². The van der Waals surface area contributed by atoms with E-state index in [1.54, 1.807) is 0 Å². The van der Waals surface area contributed by atoms with E-state index in [1.165, 1.54) is 11.1 Å². The predicted octanol–water partition coefficient (Wildman–Crippen LogP) is 6.66. The smallest absolute Gasteiger partial charge is 0.373 e. The van der Waals surface area contributed by atoms with Gasteiger partial charge >= 0.3 is 26.2 Å². The SMILES string of the molecule is CC[C-]=C(CC)C(=[C-]CC)CC.[CH]1C=C[CH][CH-]1.[Zr+2].c1cc[cH-]c1. The zero-order chi connectivity index (χ0) is 16.5. The summed E-state index contributed by atoms with van der Waals surface area (Å²) >= 11 is 0. The minimum atomic E-state index is 0. The molecule has 0 aliphatic heterocycles. The van der Waals surface area contributed by atoms with Gasteiger partial charge in [0.2, 0.25) is 0 Å². The summed E-state index contributed by atoms with van der Waals surface area (Å²) in [5.41, 5.74) is 2.73. The Bertz CT molecular complexity index is 364. The van der Waals surface area contributed by atoms with Crippen LogP contribution in [0.1, 0.15) is 53.4 Å². The summed E-state index contributed by atoms with van der Waals surface area (Å²) in [4.78, 5) is 0. The molecule has 0 unspecified atom stereocenters. The minimum absolute atomic E-state index is 0. The van der Waals surface area contributed by atoms with Crippen molar-refractivity contribution >= 4 is 0 Å². The first-order valence-electron chi connectivity index (χ1n) is 8.33. The summed E-state index contributed by atoms with van der Waals surface area (Å²) in [6.45, 7) is 8.64. The summed E-state index contributed by atoms with van der Waals surface area (Å²) < 4.78 is 0. The molecule has 1 aliphatic carbocycles. The van der Waals surface area contributed by atoms with Crippen molar-refractivity contribution in [2.75, 3.05) is 0 Å². The van der Waals surface area contributed by atoms with E-state index in [4.69, 9.17) is 0 Å². The fourth-order valence-electron chi connectivity index (χ4n) is 1.96. The average Bonchev–Trinajstić information content (AvgIpc) is 3.28. The Hall–Kier alpha value is -0.547. The number of rotatable bonds is 5. The third kappa shape index (κ3) is 14.8. The van der Waals surface area contributed by atoms with E-state index < -0.39 is 0 Å². The van der Waals surface area contributed by atoms with Crippen LogP contribution in [-0.2, 0) is 26.2 Å². The van der Waals surface area contributed by atoms with Crippen LogP contribution < -0.4 is 0 Å². The molecule has 0 saturated carbocycles. The second-order valence-electron chi connectivity index (χ2n) is 4.65.